The standard InChI is InChI=1S/C30H42O5/c1-16(2)11-18(31)12-17(3)19-13-24(35)30(8)26-20(32)14-22-27(4,5)23(34)9-10-28(22,6)25(26)21(33)15-29(19,30)7/h12,16,19-20,22,32H,9-11,13-15H2,1-8H3. The molecule has 0 radical (unpaired) electrons. The number of allylic oxidation sites excluding steroid dienone is 3. The molecule has 2 saturated carbocycles. The molecule has 0 aromatic carbocycles. The molecule has 4 aliphatic carbocycles. The second-order valence-corrected chi connectivity index (χ2v) is 13.4. The highest BCUT2D eigenvalue weighted by Gasteiger charge is 2.70. The largest absolute Gasteiger partial charge is 0.389 e. The molecule has 0 heterocycles. The lowest BCUT2D eigenvalue weighted by atomic mass is 9.42. The summed E-state index contributed by atoms with van der Waals surface area (Å²) in [4.78, 5) is 53.2. The minimum Gasteiger partial charge on any atom is -0.389 e. The first kappa shape index (κ1) is 26.2. The summed E-state index contributed by atoms with van der Waals surface area (Å²) in [6.45, 7) is 15.8. The predicted octanol–water partition coefficient (Wildman–Crippen LogP) is 5.20. The van der Waals surface area contributed by atoms with Crippen molar-refractivity contribution in [1.82, 2.24) is 0 Å². The lowest BCUT2D eigenvalue weighted by molar-refractivity contribution is -0.146. The predicted molar refractivity (Wildman–Crippen MR) is 134 cm³/mol. The number of aliphatic hydroxyl groups is 1. The Balaban J connectivity index is 1.86. The molecule has 4 aliphatic rings. The van der Waals surface area contributed by atoms with Crippen molar-refractivity contribution in [3.8, 4) is 0 Å². The molecule has 0 saturated heterocycles. The van der Waals surface area contributed by atoms with E-state index in [-0.39, 0.29) is 53.7 Å². The summed E-state index contributed by atoms with van der Waals surface area (Å²) in [6.07, 6.45) is 3.04. The van der Waals surface area contributed by atoms with Crippen LogP contribution in [0.5, 0.6) is 0 Å². The molecule has 35 heavy (non-hydrogen) atoms. The van der Waals surface area contributed by atoms with Crippen LogP contribution in [0, 0.1) is 39.4 Å². The summed E-state index contributed by atoms with van der Waals surface area (Å²) in [5.74, 6) is 0.143. The van der Waals surface area contributed by atoms with E-state index in [2.05, 4.69) is 6.92 Å². The number of hydrogen-bond donors (Lipinski definition) is 1. The van der Waals surface area contributed by atoms with Gasteiger partial charge in [0.1, 0.15) is 11.6 Å². The Morgan fingerprint density at radius 1 is 1.09 bits per heavy atom. The van der Waals surface area contributed by atoms with Gasteiger partial charge in [-0.15, -0.1) is 0 Å². The highest BCUT2D eigenvalue weighted by atomic mass is 16.3. The molecule has 2 fully saturated rings. The molecule has 0 aromatic heterocycles. The molecule has 0 bridgehead atoms. The van der Waals surface area contributed by atoms with Gasteiger partial charge in [0.05, 0.1) is 11.5 Å². The van der Waals surface area contributed by atoms with Crippen molar-refractivity contribution in [2.24, 2.45) is 39.4 Å². The van der Waals surface area contributed by atoms with Gasteiger partial charge < -0.3 is 5.11 Å². The van der Waals surface area contributed by atoms with Crippen molar-refractivity contribution in [3.63, 3.8) is 0 Å². The number of aliphatic hydroxyl groups excluding tert-OH is 1. The first-order chi connectivity index (χ1) is 16.0. The van der Waals surface area contributed by atoms with E-state index in [1.807, 2.05) is 48.5 Å². The van der Waals surface area contributed by atoms with Crippen LogP contribution in [-0.4, -0.2) is 34.3 Å². The Morgan fingerprint density at radius 3 is 2.31 bits per heavy atom. The van der Waals surface area contributed by atoms with Gasteiger partial charge in [-0.1, -0.05) is 47.1 Å². The van der Waals surface area contributed by atoms with E-state index < -0.39 is 27.8 Å². The molecule has 0 amide bonds. The van der Waals surface area contributed by atoms with Crippen molar-refractivity contribution in [2.45, 2.75) is 100 Å². The zero-order valence-electron chi connectivity index (χ0n) is 22.7. The van der Waals surface area contributed by atoms with E-state index in [4.69, 9.17) is 0 Å². The van der Waals surface area contributed by atoms with Gasteiger partial charge in [0.2, 0.25) is 0 Å². The quantitative estimate of drug-likeness (QED) is 0.557. The van der Waals surface area contributed by atoms with Gasteiger partial charge in [-0.3, -0.25) is 19.2 Å². The summed E-state index contributed by atoms with van der Waals surface area (Å²) in [5, 5.41) is 11.6. The van der Waals surface area contributed by atoms with Crippen molar-refractivity contribution in [1.29, 1.82) is 0 Å². The van der Waals surface area contributed by atoms with Crippen LogP contribution in [-0.2, 0) is 19.2 Å². The molecule has 4 rings (SSSR count). The van der Waals surface area contributed by atoms with E-state index >= 15 is 0 Å². The fourth-order valence-electron chi connectivity index (χ4n) is 8.52. The molecular formula is C30H42O5. The summed E-state index contributed by atoms with van der Waals surface area (Å²) in [5.41, 5.74) is -0.775. The van der Waals surface area contributed by atoms with E-state index in [0.29, 0.717) is 36.8 Å². The zero-order chi connectivity index (χ0) is 26.3. The zero-order valence-corrected chi connectivity index (χ0v) is 22.7. The van der Waals surface area contributed by atoms with Crippen LogP contribution in [0.25, 0.3) is 0 Å². The van der Waals surface area contributed by atoms with Crippen LogP contribution >= 0.6 is 0 Å². The van der Waals surface area contributed by atoms with E-state index in [0.717, 1.165) is 5.57 Å². The summed E-state index contributed by atoms with van der Waals surface area (Å²) in [6, 6.07) is 0. The number of Topliss-reactive ketones (excluding diaryl/α,β-unsaturated/α-hetero) is 3. The third-order valence-corrected chi connectivity index (χ3v) is 10.6. The molecule has 0 spiro atoms. The topological polar surface area (TPSA) is 88.5 Å². The second-order valence-electron chi connectivity index (χ2n) is 13.4. The van der Waals surface area contributed by atoms with Gasteiger partial charge in [-0.05, 0) is 61.5 Å². The molecule has 1 N–H and O–H groups in total. The average Bonchev–Trinajstić information content (AvgIpc) is 2.93. The molecular weight excluding hydrogens is 440 g/mol. The van der Waals surface area contributed by atoms with Crippen molar-refractivity contribution < 1.29 is 24.3 Å². The number of carbonyl (C=O) groups excluding carboxylic acids is 4. The highest BCUT2D eigenvalue weighted by molar-refractivity contribution is 6.06. The molecule has 6 atom stereocenters. The summed E-state index contributed by atoms with van der Waals surface area (Å²) >= 11 is 0. The molecule has 6 unspecified atom stereocenters. The first-order valence-corrected chi connectivity index (χ1v) is 13.3. The maximum atomic E-state index is 14.0. The monoisotopic (exact) mass is 482 g/mol. The van der Waals surface area contributed by atoms with Gasteiger partial charge in [0, 0.05) is 42.1 Å². The van der Waals surface area contributed by atoms with Crippen molar-refractivity contribution in [2.75, 3.05) is 0 Å². The van der Waals surface area contributed by atoms with Crippen LogP contribution in [0.2, 0.25) is 0 Å². The first-order valence-electron chi connectivity index (χ1n) is 13.3. The van der Waals surface area contributed by atoms with Gasteiger partial charge in [-0.25, -0.2) is 0 Å². The normalized spacial score (nSPS) is 41.1. The number of rotatable bonds is 4. The maximum Gasteiger partial charge on any atom is 0.160 e. The second kappa shape index (κ2) is 8.06. The average molecular weight is 483 g/mol. The number of fused-ring (bicyclic) bond motifs is 4. The lowest BCUT2D eigenvalue weighted by Crippen LogP contribution is -2.59. The van der Waals surface area contributed by atoms with Crippen LogP contribution < -0.4 is 0 Å². The van der Waals surface area contributed by atoms with Crippen LogP contribution in [0.4, 0.5) is 0 Å². The Kier molecular flexibility index (Phi) is 6.03. The highest BCUT2D eigenvalue weighted by Crippen LogP contribution is 2.70. The summed E-state index contributed by atoms with van der Waals surface area (Å²) in [7, 11) is 0. The number of carbonyl (C=O) groups is 4. The molecule has 0 aliphatic heterocycles. The smallest absolute Gasteiger partial charge is 0.160 e. The molecule has 5 heteroatoms. The molecule has 5 nitrogen and oxygen atoms in total. The molecule has 0 aromatic rings. The Morgan fingerprint density at radius 2 is 1.71 bits per heavy atom. The Hall–Kier alpha value is -1.88. The van der Waals surface area contributed by atoms with Crippen molar-refractivity contribution in [3.05, 3.63) is 22.8 Å². The summed E-state index contributed by atoms with van der Waals surface area (Å²) < 4.78 is 0. The van der Waals surface area contributed by atoms with Gasteiger partial charge in [0.25, 0.3) is 0 Å². The van der Waals surface area contributed by atoms with Gasteiger partial charge in [0.15, 0.2) is 11.6 Å². The van der Waals surface area contributed by atoms with Gasteiger partial charge in [-0.2, -0.15) is 0 Å². The third kappa shape index (κ3) is 3.43. The minimum absolute atomic E-state index is 0.00243. The van der Waals surface area contributed by atoms with Crippen LogP contribution in [0.3, 0.4) is 0 Å². The van der Waals surface area contributed by atoms with Crippen LogP contribution in [0.15, 0.2) is 22.8 Å². The Bertz CT molecular complexity index is 1070. The fraction of sp³-hybridized carbons (Fsp3) is 0.733. The SMILES string of the molecule is CC(=CC(=O)CC(C)C)C1CC(=O)C2(C)C3=C(C(=O)CC12C)C1(C)CCC(=O)C(C)(C)C1CC3O. The van der Waals surface area contributed by atoms with E-state index in [9.17, 15) is 24.3 Å². The maximum absolute atomic E-state index is 14.0. The third-order valence-electron chi connectivity index (χ3n) is 10.6. The minimum atomic E-state index is -0.976. The number of ketones is 4. The van der Waals surface area contributed by atoms with E-state index in [1.165, 1.54) is 0 Å². The fourth-order valence-corrected chi connectivity index (χ4v) is 8.52. The van der Waals surface area contributed by atoms with Crippen LogP contribution in [0.1, 0.15) is 93.9 Å². The lowest BCUT2D eigenvalue weighted by Gasteiger charge is -2.60. The van der Waals surface area contributed by atoms with E-state index in [1.54, 1.807) is 6.08 Å². The number of hydrogen-bond acceptors (Lipinski definition) is 5. The Labute approximate surface area is 209 Å². The van der Waals surface area contributed by atoms with Crippen molar-refractivity contribution >= 4 is 23.1 Å². The molecule has 192 valence electrons. The van der Waals surface area contributed by atoms with Gasteiger partial charge >= 0.3 is 0 Å².